The van der Waals surface area contributed by atoms with Crippen molar-refractivity contribution in [3.8, 4) is 0 Å². The van der Waals surface area contributed by atoms with Crippen LogP contribution in [0.15, 0.2) is 0 Å². The third-order valence-corrected chi connectivity index (χ3v) is 14.9. The molecule has 0 heterocycles. The van der Waals surface area contributed by atoms with E-state index < -0.39 is 14.1 Å². The van der Waals surface area contributed by atoms with Crippen LogP contribution >= 0.6 is 33.2 Å². The summed E-state index contributed by atoms with van der Waals surface area (Å²) in [6.45, 7) is 7.20. The van der Waals surface area contributed by atoms with Gasteiger partial charge in [-0.1, -0.05) is 167 Å². The summed E-state index contributed by atoms with van der Waals surface area (Å²) in [4.78, 5) is 0. The van der Waals surface area contributed by atoms with Crippen LogP contribution in [-0.2, 0) is 0 Å². The van der Waals surface area contributed by atoms with E-state index in [4.69, 9.17) is 33.2 Å². The minimum absolute atomic E-state index is 0.885. The highest BCUT2D eigenvalue weighted by Crippen LogP contribution is 2.35. The topological polar surface area (TPSA) is 0 Å². The van der Waals surface area contributed by atoms with Crippen molar-refractivity contribution >= 4 is 47.3 Å². The molecule has 0 rings (SSSR count). The fourth-order valence-corrected chi connectivity index (χ4v) is 14.0. The molecule has 5 heteroatoms. The average Bonchev–Trinajstić information content (AvgIpc) is 2.75. The summed E-state index contributed by atoms with van der Waals surface area (Å²) in [5.41, 5.74) is 0. The van der Waals surface area contributed by atoms with Crippen LogP contribution in [0.3, 0.4) is 0 Å². The SMILES string of the molecule is CCCCCCCCCCCC[Si](C)(CCCCCCCCCCCC)CC[Si](Cl)(Cl)Cl. The van der Waals surface area contributed by atoms with E-state index in [0.29, 0.717) is 0 Å². The predicted octanol–water partition coefficient (Wildman–Crippen LogP) is 12.6. The standard InChI is InChI=1S/C27H57Cl3Si2/c1-4-6-8-10-12-14-16-18-20-22-24-31(3,26-27-32(28,29)30)25-23-21-19-17-15-13-11-9-7-5-2/h4-27H2,1-3H3. The summed E-state index contributed by atoms with van der Waals surface area (Å²) in [5.74, 6) is 0. The lowest BCUT2D eigenvalue weighted by Gasteiger charge is -2.29. The quantitative estimate of drug-likeness (QED) is 0.0609. The van der Waals surface area contributed by atoms with Gasteiger partial charge >= 0.3 is 6.00 Å². The van der Waals surface area contributed by atoms with Crippen LogP contribution in [0.1, 0.15) is 142 Å². The Kier molecular flexibility index (Phi) is 23.7. The molecule has 0 aliphatic heterocycles. The Labute approximate surface area is 219 Å². The molecule has 0 N–H and O–H groups in total. The van der Waals surface area contributed by atoms with E-state index in [2.05, 4.69) is 20.4 Å². The normalized spacial score (nSPS) is 12.6. The van der Waals surface area contributed by atoms with Crippen LogP contribution in [-0.4, -0.2) is 14.1 Å². The molecule has 194 valence electrons. The molecule has 0 aromatic rings. The van der Waals surface area contributed by atoms with Crippen LogP contribution in [0.25, 0.3) is 0 Å². The van der Waals surface area contributed by atoms with Gasteiger partial charge in [0.1, 0.15) is 0 Å². The van der Waals surface area contributed by atoms with E-state index in [9.17, 15) is 0 Å². The summed E-state index contributed by atoms with van der Waals surface area (Å²) in [6, 6.07) is 2.56. The second-order valence-electron chi connectivity index (χ2n) is 10.8. The molecule has 0 radical (unpaired) electrons. The van der Waals surface area contributed by atoms with E-state index in [1.165, 1.54) is 147 Å². The molecule has 0 amide bonds. The maximum Gasteiger partial charge on any atom is 0.341 e. The molecule has 0 bridgehead atoms. The summed E-state index contributed by atoms with van der Waals surface area (Å²) >= 11 is 18.8. The van der Waals surface area contributed by atoms with E-state index in [1.807, 2.05) is 0 Å². The van der Waals surface area contributed by atoms with Crippen LogP contribution < -0.4 is 0 Å². The maximum absolute atomic E-state index is 6.26. The van der Waals surface area contributed by atoms with E-state index in [-0.39, 0.29) is 0 Å². The molecular weight excluding hydrogens is 487 g/mol. The zero-order chi connectivity index (χ0) is 24.0. The number of unbranched alkanes of at least 4 members (excludes halogenated alkanes) is 18. The molecule has 0 aromatic carbocycles. The number of hydrogen-bond acceptors (Lipinski definition) is 0. The molecular formula is C27H57Cl3Si2. The lowest BCUT2D eigenvalue weighted by Crippen LogP contribution is -2.31. The first-order chi connectivity index (χ1) is 15.3. The van der Waals surface area contributed by atoms with Gasteiger partial charge in [0.05, 0.1) is 8.07 Å². The van der Waals surface area contributed by atoms with Gasteiger partial charge < -0.3 is 0 Å². The lowest BCUT2D eigenvalue weighted by molar-refractivity contribution is 0.559. The summed E-state index contributed by atoms with van der Waals surface area (Å²) in [6.07, 6.45) is 28.4. The number of rotatable bonds is 25. The zero-order valence-corrected chi connectivity index (χ0v) is 26.4. The second kappa shape index (κ2) is 22.7. The van der Waals surface area contributed by atoms with Crippen molar-refractivity contribution in [2.45, 2.75) is 173 Å². The molecule has 0 aliphatic carbocycles. The van der Waals surface area contributed by atoms with Gasteiger partial charge in [0.15, 0.2) is 0 Å². The minimum atomic E-state index is -2.47. The minimum Gasteiger partial charge on any atom is -0.126 e. The molecule has 0 saturated carbocycles. The molecule has 0 nitrogen and oxygen atoms in total. The van der Waals surface area contributed by atoms with Crippen molar-refractivity contribution in [1.82, 2.24) is 0 Å². The Morgan fingerprint density at radius 3 is 0.938 bits per heavy atom. The highest BCUT2D eigenvalue weighted by atomic mass is 35.8. The summed E-state index contributed by atoms with van der Waals surface area (Å²) < 4.78 is 0. The van der Waals surface area contributed by atoms with Gasteiger partial charge in [-0.3, -0.25) is 0 Å². The molecule has 0 aliphatic rings. The van der Waals surface area contributed by atoms with Gasteiger partial charge in [-0.15, -0.1) is 33.2 Å². The smallest absolute Gasteiger partial charge is 0.126 e. The van der Waals surface area contributed by atoms with Gasteiger partial charge in [-0.05, 0) is 6.04 Å². The van der Waals surface area contributed by atoms with E-state index >= 15 is 0 Å². The van der Waals surface area contributed by atoms with Crippen molar-refractivity contribution in [3.63, 3.8) is 0 Å². The Balaban J connectivity index is 3.97. The highest BCUT2D eigenvalue weighted by Gasteiger charge is 2.32. The molecule has 32 heavy (non-hydrogen) atoms. The Morgan fingerprint density at radius 2 is 0.656 bits per heavy atom. The molecule has 0 unspecified atom stereocenters. The van der Waals surface area contributed by atoms with Crippen molar-refractivity contribution in [2.24, 2.45) is 0 Å². The fourth-order valence-electron chi connectivity index (χ4n) is 4.90. The molecule has 0 spiro atoms. The molecule has 0 saturated heterocycles. The first-order valence-corrected chi connectivity index (χ1v) is 22.8. The molecule has 0 aromatic heterocycles. The van der Waals surface area contributed by atoms with Gasteiger partial charge in [0.25, 0.3) is 0 Å². The zero-order valence-electron chi connectivity index (χ0n) is 22.1. The first-order valence-electron chi connectivity index (χ1n) is 14.4. The van der Waals surface area contributed by atoms with Crippen LogP contribution in [0.5, 0.6) is 0 Å². The molecule has 0 fully saturated rings. The van der Waals surface area contributed by atoms with Crippen molar-refractivity contribution in [3.05, 3.63) is 0 Å². The Bertz CT molecular complexity index is 362. The van der Waals surface area contributed by atoms with Gasteiger partial charge in [0.2, 0.25) is 0 Å². The third kappa shape index (κ3) is 24.4. The number of halogens is 3. The van der Waals surface area contributed by atoms with Gasteiger partial charge in [-0.2, -0.15) is 0 Å². The summed E-state index contributed by atoms with van der Waals surface area (Å²) in [5, 5.41) is 0. The maximum atomic E-state index is 6.26. The van der Waals surface area contributed by atoms with Crippen molar-refractivity contribution < 1.29 is 0 Å². The van der Waals surface area contributed by atoms with Crippen LogP contribution in [0, 0.1) is 0 Å². The van der Waals surface area contributed by atoms with E-state index in [1.54, 1.807) is 0 Å². The second-order valence-corrected chi connectivity index (χ2v) is 25.2. The van der Waals surface area contributed by atoms with Crippen LogP contribution in [0.2, 0.25) is 30.7 Å². The Morgan fingerprint density at radius 1 is 0.375 bits per heavy atom. The predicted molar refractivity (Wildman–Crippen MR) is 158 cm³/mol. The summed E-state index contributed by atoms with van der Waals surface area (Å²) in [7, 11) is -1.26. The van der Waals surface area contributed by atoms with Crippen molar-refractivity contribution in [2.75, 3.05) is 0 Å². The third-order valence-electron chi connectivity index (χ3n) is 7.28. The fraction of sp³-hybridized carbons (Fsp3) is 1.00. The average molecular weight is 544 g/mol. The van der Waals surface area contributed by atoms with Crippen LogP contribution in [0.4, 0.5) is 0 Å². The first kappa shape index (κ1) is 33.3. The molecule has 0 atom stereocenters. The lowest BCUT2D eigenvalue weighted by atomic mass is 10.1. The monoisotopic (exact) mass is 542 g/mol. The van der Waals surface area contributed by atoms with Gasteiger partial charge in [0, 0.05) is 0 Å². The van der Waals surface area contributed by atoms with Gasteiger partial charge in [-0.25, -0.2) is 0 Å². The van der Waals surface area contributed by atoms with E-state index in [0.717, 1.165) is 6.04 Å². The Hall–Kier alpha value is 1.30. The van der Waals surface area contributed by atoms with Crippen molar-refractivity contribution in [1.29, 1.82) is 0 Å². The largest absolute Gasteiger partial charge is 0.341 e. The highest BCUT2D eigenvalue weighted by molar-refractivity contribution is 7.64. The number of hydrogen-bond donors (Lipinski definition) is 0.